The third kappa shape index (κ3) is 3.80. The van der Waals surface area contributed by atoms with Gasteiger partial charge in [0, 0.05) is 23.6 Å². The number of urea groups is 1. The first-order chi connectivity index (χ1) is 12.9. The Balaban J connectivity index is 1.83. The van der Waals surface area contributed by atoms with E-state index in [0.29, 0.717) is 18.1 Å². The molecule has 2 atom stereocenters. The number of hydrogen-bond acceptors (Lipinski definition) is 7. The molecule has 1 aromatic carbocycles. The van der Waals surface area contributed by atoms with Crippen LogP contribution >= 0.6 is 15.9 Å². The third-order valence-corrected chi connectivity index (χ3v) is 4.75. The van der Waals surface area contributed by atoms with Crippen LogP contribution in [0.3, 0.4) is 0 Å². The largest absolute Gasteiger partial charge is 0.507 e. The zero-order valence-corrected chi connectivity index (χ0v) is 16.3. The molecule has 1 saturated heterocycles. The maximum Gasteiger partial charge on any atom is 0.325 e. The summed E-state index contributed by atoms with van der Waals surface area (Å²) in [6.45, 7) is 2.30. The van der Waals surface area contributed by atoms with Crippen LogP contribution in [0.4, 0.5) is 4.79 Å². The van der Waals surface area contributed by atoms with E-state index in [2.05, 4.69) is 36.8 Å². The lowest BCUT2D eigenvalue weighted by molar-refractivity contribution is -0.126. The van der Waals surface area contributed by atoms with Crippen LogP contribution in [0.2, 0.25) is 0 Å². The molecule has 9 nitrogen and oxygen atoms in total. The van der Waals surface area contributed by atoms with Crippen LogP contribution in [0.1, 0.15) is 12.5 Å². The second kappa shape index (κ2) is 7.78. The Morgan fingerprint density at radius 3 is 2.96 bits per heavy atom. The van der Waals surface area contributed by atoms with Crippen molar-refractivity contribution in [1.29, 1.82) is 0 Å². The molecule has 3 rings (SSSR count). The number of imide groups is 1. The highest BCUT2D eigenvalue weighted by molar-refractivity contribution is 9.10. The van der Waals surface area contributed by atoms with E-state index in [9.17, 15) is 14.7 Å². The number of rotatable bonds is 4. The first kappa shape index (κ1) is 18.9. The number of fused-ring (bicyclic) bond motifs is 1. The summed E-state index contributed by atoms with van der Waals surface area (Å²) in [7, 11) is 1.59. The Morgan fingerprint density at radius 1 is 1.44 bits per heavy atom. The first-order valence-electron chi connectivity index (χ1n) is 8.23. The van der Waals surface area contributed by atoms with Gasteiger partial charge in [-0.2, -0.15) is 5.10 Å². The maximum atomic E-state index is 12.3. The van der Waals surface area contributed by atoms with Gasteiger partial charge in [-0.3, -0.25) is 10.1 Å². The number of halogens is 1. The number of allylic oxidation sites excluding steroid dienone is 1. The average molecular weight is 435 g/mol. The van der Waals surface area contributed by atoms with Gasteiger partial charge in [0.05, 0.1) is 6.21 Å². The van der Waals surface area contributed by atoms with Crippen LogP contribution in [0.25, 0.3) is 0 Å². The molecule has 0 bridgehead atoms. The number of benzene rings is 1. The number of nitrogens with one attached hydrogen (secondary N) is 2. The van der Waals surface area contributed by atoms with E-state index in [1.54, 1.807) is 30.1 Å². The fourth-order valence-electron chi connectivity index (χ4n) is 2.83. The summed E-state index contributed by atoms with van der Waals surface area (Å²) in [6, 6.07) is 3.86. The Bertz CT molecular complexity index is 853. The van der Waals surface area contributed by atoms with Gasteiger partial charge in [-0.15, -0.1) is 0 Å². The minimum atomic E-state index is -0.638. The molecule has 10 heteroatoms. The van der Waals surface area contributed by atoms with E-state index in [0.717, 1.165) is 4.47 Å². The third-order valence-electron chi connectivity index (χ3n) is 4.26. The van der Waals surface area contributed by atoms with Crippen LogP contribution in [-0.4, -0.2) is 64.8 Å². The van der Waals surface area contributed by atoms with Crippen LogP contribution in [-0.2, 0) is 4.79 Å². The molecule has 3 N–H and O–H groups in total. The number of nitrogens with zero attached hydrogens (tertiary/aromatic N) is 4. The highest BCUT2D eigenvalue weighted by Crippen LogP contribution is 2.23. The van der Waals surface area contributed by atoms with E-state index in [1.807, 2.05) is 19.1 Å². The minimum Gasteiger partial charge on any atom is -0.507 e. The molecule has 142 valence electrons. The first-order valence-corrected chi connectivity index (χ1v) is 9.02. The molecule has 0 spiro atoms. The number of hydrazone groups is 1. The predicted octanol–water partition coefficient (Wildman–Crippen LogP) is 1.20. The lowest BCUT2D eigenvalue weighted by Gasteiger charge is -2.35. The van der Waals surface area contributed by atoms with Gasteiger partial charge in [-0.1, -0.05) is 28.1 Å². The van der Waals surface area contributed by atoms with Crippen molar-refractivity contribution in [2.45, 2.75) is 19.1 Å². The number of amides is 3. The lowest BCUT2D eigenvalue weighted by atomic mass is 10.1. The molecule has 0 saturated carbocycles. The fraction of sp³-hybridized carbons (Fsp3) is 0.294. The average Bonchev–Trinajstić information content (AvgIpc) is 3.00. The van der Waals surface area contributed by atoms with E-state index < -0.39 is 24.1 Å². The van der Waals surface area contributed by atoms with Gasteiger partial charge in [-0.05, 0) is 25.1 Å². The van der Waals surface area contributed by atoms with Crippen molar-refractivity contribution < 1.29 is 14.7 Å². The number of carbonyl (C=O) groups excluding carboxylic acids is 2. The SMILES string of the molecule is C/C=C/CN1C(N/N=C/c2cc(Br)ccc2O)=NC2C1C(=O)NC(=O)N2C. The van der Waals surface area contributed by atoms with Crippen LogP contribution in [0, 0.1) is 0 Å². The van der Waals surface area contributed by atoms with Crippen LogP contribution < -0.4 is 10.7 Å². The number of hydrogen-bond donors (Lipinski definition) is 3. The minimum absolute atomic E-state index is 0.0845. The van der Waals surface area contributed by atoms with E-state index in [4.69, 9.17) is 0 Å². The highest BCUT2D eigenvalue weighted by Gasteiger charge is 2.48. The Hall–Kier alpha value is -2.88. The van der Waals surface area contributed by atoms with E-state index >= 15 is 0 Å². The topological polar surface area (TPSA) is 110 Å². The number of phenols is 1. The van der Waals surface area contributed by atoms with Gasteiger partial charge in [0.2, 0.25) is 5.96 Å². The zero-order valence-electron chi connectivity index (χ0n) is 14.8. The van der Waals surface area contributed by atoms with Crippen molar-refractivity contribution >= 4 is 40.0 Å². The number of guanidine groups is 1. The van der Waals surface area contributed by atoms with Crippen LogP contribution in [0.15, 0.2) is 44.9 Å². The van der Waals surface area contributed by atoms with Crippen LogP contribution in [0.5, 0.6) is 5.75 Å². The van der Waals surface area contributed by atoms with E-state index in [1.165, 1.54) is 11.1 Å². The summed E-state index contributed by atoms with van der Waals surface area (Å²) in [5, 5.41) is 16.3. The van der Waals surface area contributed by atoms with Gasteiger partial charge in [0.1, 0.15) is 5.75 Å². The monoisotopic (exact) mass is 434 g/mol. The summed E-state index contributed by atoms with van der Waals surface area (Å²) >= 11 is 3.34. The summed E-state index contributed by atoms with van der Waals surface area (Å²) < 4.78 is 0.803. The second-order valence-electron chi connectivity index (χ2n) is 6.01. The standard InChI is InChI=1S/C17H19BrN6O3/c1-3-4-7-24-13-14(23(2)17(27)21-15(13)26)20-16(24)22-19-9-10-8-11(18)5-6-12(10)25/h3-6,8-9,13-14,25H,7H2,1-2H3,(H,20,22)(H,21,26,27)/b4-3+,19-9+. The maximum absolute atomic E-state index is 12.3. The Morgan fingerprint density at radius 2 is 2.22 bits per heavy atom. The number of phenolic OH excluding ortho intramolecular Hbond substituents is 1. The fourth-order valence-corrected chi connectivity index (χ4v) is 3.20. The predicted molar refractivity (Wildman–Crippen MR) is 104 cm³/mol. The van der Waals surface area contributed by atoms with Gasteiger partial charge >= 0.3 is 6.03 Å². The van der Waals surface area contributed by atoms with Gasteiger partial charge < -0.3 is 14.9 Å². The second-order valence-corrected chi connectivity index (χ2v) is 6.93. The quantitative estimate of drug-likeness (QED) is 0.374. The van der Waals surface area contributed by atoms with Crippen molar-refractivity contribution in [3.05, 3.63) is 40.4 Å². The molecular weight excluding hydrogens is 416 g/mol. The molecule has 1 fully saturated rings. The van der Waals surface area contributed by atoms with Gasteiger partial charge in [0.15, 0.2) is 12.2 Å². The number of aromatic hydroxyl groups is 1. The Kier molecular flexibility index (Phi) is 5.45. The Labute approximate surface area is 164 Å². The van der Waals surface area contributed by atoms with Gasteiger partial charge in [0.25, 0.3) is 5.91 Å². The molecule has 0 radical (unpaired) electrons. The van der Waals surface area contributed by atoms with Crippen molar-refractivity contribution in [1.82, 2.24) is 20.5 Å². The molecule has 2 unspecified atom stereocenters. The van der Waals surface area contributed by atoms with Crippen molar-refractivity contribution in [2.24, 2.45) is 10.1 Å². The number of carbonyl (C=O) groups is 2. The molecular formula is C17H19BrN6O3. The summed E-state index contributed by atoms with van der Waals surface area (Å²) in [5.74, 6) is 0.0496. The molecule has 2 aliphatic rings. The molecule has 0 aromatic heterocycles. The number of likely N-dealkylation sites (N-methyl/N-ethyl adjacent to an activating group) is 1. The molecule has 27 heavy (non-hydrogen) atoms. The molecule has 3 amide bonds. The molecule has 2 aliphatic heterocycles. The van der Waals surface area contributed by atoms with Gasteiger partial charge in [-0.25, -0.2) is 15.2 Å². The summed E-state index contributed by atoms with van der Waals surface area (Å²) in [5.41, 5.74) is 3.33. The smallest absolute Gasteiger partial charge is 0.325 e. The molecule has 0 aliphatic carbocycles. The van der Waals surface area contributed by atoms with Crippen molar-refractivity contribution in [2.75, 3.05) is 13.6 Å². The lowest BCUT2D eigenvalue weighted by Crippen LogP contribution is -2.64. The summed E-state index contributed by atoms with van der Waals surface area (Å²) in [4.78, 5) is 31.8. The van der Waals surface area contributed by atoms with Crippen molar-refractivity contribution in [3.8, 4) is 5.75 Å². The summed E-state index contributed by atoms with van der Waals surface area (Å²) in [6.07, 6.45) is 4.57. The normalized spacial score (nSPS) is 22.4. The zero-order chi connectivity index (χ0) is 19.6. The van der Waals surface area contributed by atoms with Crippen molar-refractivity contribution in [3.63, 3.8) is 0 Å². The highest BCUT2D eigenvalue weighted by atomic mass is 79.9. The molecule has 2 heterocycles. The number of aliphatic imine (C=N–C) groups is 1. The van der Waals surface area contributed by atoms with E-state index in [-0.39, 0.29) is 5.75 Å². The molecule has 1 aromatic rings.